The molecular formula is C10H14N4S. The van der Waals surface area contributed by atoms with Crippen LogP contribution in [0, 0.1) is 0 Å². The Balaban J connectivity index is 1.67. The van der Waals surface area contributed by atoms with Crippen molar-refractivity contribution in [2.45, 2.75) is 13.0 Å². The van der Waals surface area contributed by atoms with Crippen LogP contribution in [0.4, 0.5) is 0 Å². The molecule has 2 heterocycles. The van der Waals surface area contributed by atoms with Crippen molar-refractivity contribution in [2.75, 3.05) is 6.54 Å². The molecule has 0 aliphatic heterocycles. The second kappa shape index (κ2) is 5.04. The number of nitrogens with zero attached hydrogens (tertiary/aromatic N) is 3. The smallest absolute Gasteiger partial charge is 0.0937 e. The Bertz CT molecular complexity index is 393. The third-order valence-electron chi connectivity index (χ3n) is 2.07. The summed E-state index contributed by atoms with van der Waals surface area (Å²) in [5, 5.41) is 10.8. The van der Waals surface area contributed by atoms with E-state index in [2.05, 4.69) is 15.4 Å². The van der Waals surface area contributed by atoms with Crippen molar-refractivity contribution < 1.29 is 0 Å². The van der Waals surface area contributed by atoms with Crippen LogP contribution < -0.4 is 5.32 Å². The second-order valence-electron chi connectivity index (χ2n) is 3.33. The molecule has 0 saturated heterocycles. The molecule has 4 nitrogen and oxygen atoms in total. The quantitative estimate of drug-likeness (QED) is 0.773. The first-order valence-electron chi connectivity index (χ1n) is 4.92. The van der Waals surface area contributed by atoms with Gasteiger partial charge in [0, 0.05) is 44.3 Å². The van der Waals surface area contributed by atoms with Gasteiger partial charge < -0.3 is 5.32 Å². The van der Waals surface area contributed by atoms with Gasteiger partial charge >= 0.3 is 0 Å². The molecule has 0 aliphatic carbocycles. The van der Waals surface area contributed by atoms with Gasteiger partial charge in [-0.3, -0.25) is 4.68 Å². The van der Waals surface area contributed by atoms with Gasteiger partial charge in [-0.15, -0.1) is 11.3 Å². The molecule has 1 N–H and O–H groups in total. The topological polar surface area (TPSA) is 42.7 Å². The summed E-state index contributed by atoms with van der Waals surface area (Å²) in [6.07, 6.45) is 4.79. The lowest BCUT2D eigenvalue weighted by atomic mass is 10.4. The summed E-state index contributed by atoms with van der Waals surface area (Å²) in [6, 6.07) is 2.02. The third-order valence-corrected chi connectivity index (χ3v) is 2.91. The number of hydrogen-bond donors (Lipinski definition) is 1. The Morgan fingerprint density at radius 3 is 3.13 bits per heavy atom. The van der Waals surface area contributed by atoms with E-state index in [4.69, 9.17) is 0 Å². The number of aryl methyl sites for hydroxylation is 1. The minimum atomic E-state index is 0.826. The van der Waals surface area contributed by atoms with Crippen molar-refractivity contribution in [3.05, 3.63) is 34.5 Å². The van der Waals surface area contributed by atoms with E-state index in [9.17, 15) is 0 Å². The van der Waals surface area contributed by atoms with Crippen molar-refractivity contribution in [3.8, 4) is 0 Å². The molecule has 0 fully saturated rings. The summed E-state index contributed by atoms with van der Waals surface area (Å²) >= 11 is 1.70. The maximum Gasteiger partial charge on any atom is 0.0937 e. The van der Waals surface area contributed by atoms with E-state index in [1.54, 1.807) is 11.3 Å². The molecule has 0 aliphatic rings. The Morgan fingerprint density at radius 1 is 1.53 bits per heavy atom. The molecular weight excluding hydrogens is 208 g/mol. The fourth-order valence-corrected chi connectivity index (χ4v) is 1.97. The van der Waals surface area contributed by atoms with Gasteiger partial charge in [0.05, 0.1) is 10.7 Å². The molecule has 2 aromatic rings. The van der Waals surface area contributed by atoms with E-state index < -0.39 is 0 Å². The number of rotatable bonds is 5. The molecule has 0 saturated carbocycles. The molecule has 0 radical (unpaired) electrons. The Kier molecular flexibility index (Phi) is 3.47. The van der Waals surface area contributed by atoms with Crippen molar-refractivity contribution in [1.82, 2.24) is 20.1 Å². The van der Waals surface area contributed by atoms with Crippen LogP contribution in [-0.4, -0.2) is 21.3 Å². The standard InChI is InChI=1S/C10H14N4S/c1-14-6-3-9(13-14)8-11-4-2-10-12-5-7-15-10/h3,5-7,11H,2,4,8H2,1H3. The lowest BCUT2D eigenvalue weighted by Crippen LogP contribution is -2.17. The summed E-state index contributed by atoms with van der Waals surface area (Å²) in [5.41, 5.74) is 1.08. The first-order valence-corrected chi connectivity index (χ1v) is 5.80. The summed E-state index contributed by atoms with van der Waals surface area (Å²) in [7, 11) is 1.93. The summed E-state index contributed by atoms with van der Waals surface area (Å²) in [4.78, 5) is 4.22. The van der Waals surface area contributed by atoms with Crippen LogP contribution in [0.2, 0.25) is 0 Å². The monoisotopic (exact) mass is 222 g/mol. The molecule has 0 spiro atoms. The molecule has 0 bridgehead atoms. The SMILES string of the molecule is Cn1ccc(CNCCc2nccs2)n1. The normalized spacial score (nSPS) is 10.7. The lowest BCUT2D eigenvalue weighted by molar-refractivity contribution is 0.653. The van der Waals surface area contributed by atoms with Crippen molar-refractivity contribution in [1.29, 1.82) is 0 Å². The van der Waals surface area contributed by atoms with Gasteiger partial charge in [-0.1, -0.05) is 0 Å². The average Bonchev–Trinajstić information content (AvgIpc) is 2.84. The van der Waals surface area contributed by atoms with Gasteiger partial charge in [0.1, 0.15) is 0 Å². The summed E-state index contributed by atoms with van der Waals surface area (Å²) < 4.78 is 1.82. The van der Waals surface area contributed by atoms with Gasteiger partial charge in [0.25, 0.3) is 0 Å². The van der Waals surface area contributed by atoms with Crippen LogP contribution in [0.1, 0.15) is 10.7 Å². The van der Waals surface area contributed by atoms with Gasteiger partial charge in [-0.2, -0.15) is 5.10 Å². The highest BCUT2D eigenvalue weighted by Gasteiger charge is 1.97. The second-order valence-corrected chi connectivity index (χ2v) is 4.31. The highest BCUT2D eigenvalue weighted by atomic mass is 32.1. The minimum Gasteiger partial charge on any atom is -0.311 e. The van der Waals surface area contributed by atoms with E-state index in [1.807, 2.05) is 35.6 Å². The summed E-state index contributed by atoms with van der Waals surface area (Å²) in [5.74, 6) is 0. The van der Waals surface area contributed by atoms with Gasteiger partial charge in [-0.05, 0) is 6.07 Å². The molecule has 80 valence electrons. The van der Waals surface area contributed by atoms with Crippen LogP contribution in [0.25, 0.3) is 0 Å². The summed E-state index contributed by atoms with van der Waals surface area (Å²) in [6.45, 7) is 1.77. The van der Waals surface area contributed by atoms with Gasteiger partial charge in [-0.25, -0.2) is 4.98 Å². The molecule has 0 unspecified atom stereocenters. The largest absolute Gasteiger partial charge is 0.311 e. The highest BCUT2D eigenvalue weighted by molar-refractivity contribution is 7.09. The number of nitrogens with one attached hydrogen (secondary N) is 1. The zero-order valence-electron chi connectivity index (χ0n) is 8.68. The number of hydrogen-bond acceptors (Lipinski definition) is 4. The Labute approximate surface area is 93.0 Å². The number of aromatic nitrogens is 3. The Morgan fingerprint density at radius 2 is 2.47 bits per heavy atom. The van der Waals surface area contributed by atoms with Crippen LogP contribution in [-0.2, 0) is 20.0 Å². The van der Waals surface area contributed by atoms with Crippen LogP contribution in [0.15, 0.2) is 23.8 Å². The lowest BCUT2D eigenvalue weighted by Gasteiger charge is -1.99. The predicted octanol–water partition coefficient (Wildman–Crippen LogP) is 1.21. The molecule has 5 heteroatoms. The van der Waals surface area contributed by atoms with E-state index >= 15 is 0 Å². The molecule has 0 atom stereocenters. The van der Waals surface area contributed by atoms with Crippen LogP contribution in [0.3, 0.4) is 0 Å². The molecule has 2 aromatic heterocycles. The van der Waals surface area contributed by atoms with E-state index in [-0.39, 0.29) is 0 Å². The van der Waals surface area contributed by atoms with Crippen LogP contribution >= 0.6 is 11.3 Å². The molecule has 0 amide bonds. The van der Waals surface area contributed by atoms with Crippen molar-refractivity contribution in [3.63, 3.8) is 0 Å². The maximum atomic E-state index is 4.29. The van der Waals surface area contributed by atoms with Crippen molar-refractivity contribution in [2.24, 2.45) is 7.05 Å². The highest BCUT2D eigenvalue weighted by Crippen LogP contribution is 2.03. The van der Waals surface area contributed by atoms with Crippen LogP contribution in [0.5, 0.6) is 0 Å². The van der Waals surface area contributed by atoms with Gasteiger partial charge in [0.2, 0.25) is 0 Å². The fraction of sp³-hybridized carbons (Fsp3) is 0.400. The fourth-order valence-electron chi connectivity index (χ4n) is 1.35. The number of thiazole rings is 1. The minimum absolute atomic E-state index is 0.826. The average molecular weight is 222 g/mol. The van der Waals surface area contributed by atoms with Crippen molar-refractivity contribution >= 4 is 11.3 Å². The maximum absolute atomic E-state index is 4.29. The molecule has 15 heavy (non-hydrogen) atoms. The molecule has 2 rings (SSSR count). The third kappa shape index (κ3) is 3.14. The van der Waals surface area contributed by atoms with E-state index in [0.29, 0.717) is 0 Å². The van der Waals surface area contributed by atoms with E-state index in [0.717, 1.165) is 25.2 Å². The first-order chi connectivity index (χ1) is 7.34. The Hall–Kier alpha value is -1.20. The predicted molar refractivity (Wildman–Crippen MR) is 60.7 cm³/mol. The zero-order chi connectivity index (χ0) is 10.5. The van der Waals surface area contributed by atoms with Gasteiger partial charge in [0.15, 0.2) is 0 Å². The first kappa shape index (κ1) is 10.3. The molecule has 0 aromatic carbocycles. The van der Waals surface area contributed by atoms with E-state index in [1.165, 1.54) is 5.01 Å². The zero-order valence-corrected chi connectivity index (χ0v) is 9.50.